The minimum atomic E-state index is -0.0327. The summed E-state index contributed by atoms with van der Waals surface area (Å²) >= 11 is 5.84. The molecule has 2 aromatic rings. The number of likely N-dealkylation sites (tertiary alicyclic amines) is 1. The number of nitrogens with zero attached hydrogens (tertiary/aromatic N) is 4. The second-order valence-corrected chi connectivity index (χ2v) is 7.40. The van der Waals surface area contributed by atoms with Crippen molar-refractivity contribution < 1.29 is 4.79 Å². The van der Waals surface area contributed by atoms with E-state index in [1.54, 1.807) is 12.1 Å². The zero-order valence-corrected chi connectivity index (χ0v) is 16.6. The zero-order chi connectivity index (χ0) is 19.2. The first-order chi connectivity index (χ1) is 13.0. The predicted octanol–water partition coefficient (Wildman–Crippen LogP) is 3.44. The Labute approximate surface area is 165 Å². The van der Waals surface area contributed by atoms with Crippen LogP contribution in [0.1, 0.15) is 25.3 Å². The van der Waals surface area contributed by atoms with Gasteiger partial charge in [-0.05, 0) is 50.1 Å². The Hall–Kier alpha value is -2.18. The van der Waals surface area contributed by atoms with Crippen molar-refractivity contribution in [2.45, 2.75) is 26.3 Å². The molecule has 7 heteroatoms. The van der Waals surface area contributed by atoms with Gasteiger partial charge in [0.15, 0.2) is 0 Å². The third-order valence-corrected chi connectivity index (χ3v) is 5.16. The molecule has 1 saturated heterocycles. The number of hydrogen-bond acceptors (Lipinski definition) is 5. The highest BCUT2D eigenvalue weighted by atomic mass is 35.5. The van der Waals surface area contributed by atoms with Gasteiger partial charge in [0.05, 0.1) is 10.9 Å². The molecule has 1 atom stereocenters. The van der Waals surface area contributed by atoms with Crippen molar-refractivity contribution in [3.63, 3.8) is 0 Å². The second kappa shape index (κ2) is 9.15. The molecule has 1 aliphatic rings. The summed E-state index contributed by atoms with van der Waals surface area (Å²) < 4.78 is 0. The lowest BCUT2D eigenvalue weighted by Gasteiger charge is -2.32. The maximum absolute atomic E-state index is 12.6. The number of rotatable bonds is 6. The Kier molecular flexibility index (Phi) is 6.63. The van der Waals surface area contributed by atoms with Crippen LogP contribution in [-0.2, 0) is 11.3 Å². The molecular weight excluding hydrogens is 362 g/mol. The molecular formula is C20H26ClN5O. The molecule has 0 bridgehead atoms. The van der Waals surface area contributed by atoms with Gasteiger partial charge in [-0.1, -0.05) is 17.7 Å². The highest BCUT2D eigenvalue weighted by Gasteiger charge is 2.26. The van der Waals surface area contributed by atoms with Crippen LogP contribution in [0.4, 0.5) is 11.6 Å². The van der Waals surface area contributed by atoms with E-state index in [4.69, 9.17) is 11.6 Å². The summed E-state index contributed by atoms with van der Waals surface area (Å²) in [5.74, 6) is 1.51. The fraction of sp³-hybridized carbons (Fsp3) is 0.450. The van der Waals surface area contributed by atoms with E-state index in [1.165, 1.54) is 11.8 Å². The average molecular weight is 388 g/mol. The summed E-state index contributed by atoms with van der Waals surface area (Å²) in [7, 11) is 2.03. The number of carbonyl (C=O) groups is 1. The van der Waals surface area contributed by atoms with E-state index in [1.807, 2.05) is 13.2 Å². The van der Waals surface area contributed by atoms with Gasteiger partial charge in [0, 0.05) is 39.1 Å². The molecule has 0 aliphatic carbocycles. The molecule has 0 unspecified atom stereocenters. The first-order valence-electron chi connectivity index (χ1n) is 9.36. The van der Waals surface area contributed by atoms with Gasteiger partial charge >= 0.3 is 0 Å². The molecule has 0 spiro atoms. The van der Waals surface area contributed by atoms with E-state index < -0.39 is 0 Å². The summed E-state index contributed by atoms with van der Waals surface area (Å²) in [6.45, 7) is 5.59. The van der Waals surface area contributed by atoms with Gasteiger partial charge in [-0.15, -0.1) is 0 Å². The molecule has 0 aromatic carbocycles. The van der Waals surface area contributed by atoms with Crippen molar-refractivity contribution in [1.29, 1.82) is 0 Å². The van der Waals surface area contributed by atoms with Crippen LogP contribution in [0.15, 0.2) is 36.7 Å². The smallest absolute Gasteiger partial charge is 0.229 e. The van der Waals surface area contributed by atoms with Gasteiger partial charge in [-0.25, -0.2) is 9.97 Å². The molecule has 6 nitrogen and oxygen atoms in total. The van der Waals surface area contributed by atoms with Gasteiger partial charge in [0.1, 0.15) is 11.6 Å². The van der Waals surface area contributed by atoms with Crippen molar-refractivity contribution in [2.75, 3.05) is 36.9 Å². The van der Waals surface area contributed by atoms with Crippen LogP contribution in [0, 0.1) is 5.92 Å². The average Bonchev–Trinajstić information content (AvgIpc) is 2.70. The number of hydrogen-bond donors (Lipinski definition) is 1. The van der Waals surface area contributed by atoms with Crippen molar-refractivity contribution in [3.05, 3.63) is 47.2 Å². The number of amides is 1. The Morgan fingerprint density at radius 3 is 2.81 bits per heavy atom. The van der Waals surface area contributed by atoms with Crippen LogP contribution in [-0.4, -0.2) is 47.5 Å². The molecule has 2 aromatic heterocycles. The summed E-state index contributed by atoms with van der Waals surface area (Å²) in [4.78, 5) is 25.7. The van der Waals surface area contributed by atoms with Crippen LogP contribution in [0.25, 0.3) is 0 Å². The highest BCUT2D eigenvalue weighted by Crippen LogP contribution is 2.21. The van der Waals surface area contributed by atoms with Gasteiger partial charge in [0.2, 0.25) is 5.91 Å². The zero-order valence-electron chi connectivity index (χ0n) is 15.9. The number of pyridine rings is 2. The van der Waals surface area contributed by atoms with E-state index >= 15 is 0 Å². The first-order valence-corrected chi connectivity index (χ1v) is 9.73. The number of aromatic nitrogens is 2. The van der Waals surface area contributed by atoms with Crippen molar-refractivity contribution in [1.82, 2.24) is 14.9 Å². The number of anilines is 2. The summed E-state index contributed by atoms with van der Waals surface area (Å²) in [5.41, 5.74) is 1.17. The Balaban J connectivity index is 1.55. The molecule has 1 N–H and O–H groups in total. The lowest BCUT2D eigenvalue weighted by molar-refractivity contribution is -0.121. The van der Waals surface area contributed by atoms with Crippen molar-refractivity contribution in [2.24, 2.45) is 5.92 Å². The topological polar surface area (TPSA) is 61.4 Å². The quantitative estimate of drug-likeness (QED) is 0.822. The lowest BCUT2D eigenvalue weighted by atomic mass is 9.96. The van der Waals surface area contributed by atoms with Gasteiger partial charge in [-0.3, -0.25) is 9.69 Å². The molecule has 0 saturated carbocycles. The molecule has 1 fully saturated rings. The van der Waals surface area contributed by atoms with Gasteiger partial charge in [-0.2, -0.15) is 0 Å². The third-order valence-electron chi connectivity index (χ3n) is 4.94. The number of piperidine rings is 1. The van der Waals surface area contributed by atoms with E-state index in [9.17, 15) is 4.79 Å². The van der Waals surface area contributed by atoms with Crippen LogP contribution in [0.2, 0.25) is 5.02 Å². The van der Waals surface area contributed by atoms with E-state index in [-0.39, 0.29) is 11.8 Å². The van der Waals surface area contributed by atoms with Crippen LogP contribution in [0.5, 0.6) is 0 Å². The molecule has 144 valence electrons. The maximum atomic E-state index is 12.6. The van der Waals surface area contributed by atoms with Crippen molar-refractivity contribution >= 4 is 29.1 Å². The Morgan fingerprint density at radius 2 is 2.15 bits per heavy atom. The molecule has 1 aliphatic heterocycles. The molecule has 3 rings (SSSR count). The standard InChI is InChI=1S/C20H26ClN5O/c1-3-25(2)19-9-6-15(11-23-19)13-26-10-4-5-16(14-26)20(27)24-18-8-7-17(21)12-22-18/h6-9,11-12,16H,3-5,10,13-14H2,1-2H3,(H,22,24,27)/t16-/m1/s1. The van der Waals surface area contributed by atoms with E-state index in [0.717, 1.165) is 44.8 Å². The van der Waals surface area contributed by atoms with E-state index in [0.29, 0.717) is 10.8 Å². The minimum Gasteiger partial charge on any atom is -0.360 e. The molecule has 0 radical (unpaired) electrons. The van der Waals surface area contributed by atoms with Crippen LogP contribution in [0.3, 0.4) is 0 Å². The van der Waals surface area contributed by atoms with Gasteiger partial charge < -0.3 is 10.2 Å². The fourth-order valence-corrected chi connectivity index (χ4v) is 3.36. The maximum Gasteiger partial charge on any atom is 0.229 e. The number of nitrogens with one attached hydrogen (secondary N) is 1. The predicted molar refractivity (Wildman–Crippen MR) is 109 cm³/mol. The third kappa shape index (κ3) is 5.40. The molecule has 1 amide bonds. The Bertz CT molecular complexity index is 750. The minimum absolute atomic E-state index is 0.0209. The second-order valence-electron chi connectivity index (χ2n) is 6.96. The number of carbonyl (C=O) groups excluding carboxylic acids is 1. The molecule has 27 heavy (non-hydrogen) atoms. The first kappa shape index (κ1) is 19.6. The van der Waals surface area contributed by atoms with Crippen LogP contribution < -0.4 is 10.2 Å². The number of halogens is 1. The lowest BCUT2D eigenvalue weighted by Crippen LogP contribution is -2.40. The highest BCUT2D eigenvalue weighted by molar-refractivity contribution is 6.30. The molecule has 3 heterocycles. The monoisotopic (exact) mass is 387 g/mol. The summed E-state index contributed by atoms with van der Waals surface area (Å²) in [6, 6.07) is 7.63. The van der Waals surface area contributed by atoms with Gasteiger partial charge in [0.25, 0.3) is 0 Å². The summed E-state index contributed by atoms with van der Waals surface area (Å²) in [6.07, 6.45) is 5.38. The summed E-state index contributed by atoms with van der Waals surface area (Å²) in [5, 5.41) is 3.45. The largest absolute Gasteiger partial charge is 0.360 e. The van der Waals surface area contributed by atoms with Crippen molar-refractivity contribution in [3.8, 4) is 0 Å². The Morgan fingerprint density at radius 1 is 1.30 bits per heavy atom. The fourth-order valence-electron chi connectivity index (χ4n) is 3.25. The SMILES string of the molecule is CCN(C)c1ccc(CN2CCC[C@@H](C(=O)Nc3ccc(Cl)cn3)C2)cn1. The normalized spacial score (nSPS) is 17.5. The van der Waals surface area contributed by atoms with Crippen LogP contribution >= 0.6 is 11.6 Å². The van der Waals surface area contributed by atoms with E-state index in [2.05, 4.69) is 44.1 Å².